The number of aromatic nitrogens is 3. The number of rotatable bonds is 9. The van der Waals surface area contributed by atoms with Crippen molar-refractivity contribution in [3.05, 3.63) is 5.82 Å². The fourth-order valence-corrected chi connectivity index (χ4v) is 2.98. The zero-order chi connectivity index (χ0) is 15.0. The molecule has 0 radical (unpaired) electrons. The predicted octanol–water partition coefficient (Wildman–Crippen LogP) is 2.60. The number of amides is 1. The molecule has 1 aromatic heterocycles. The maximum atomic E-state index is 12.0. The molecular formula is C14H26N4OS. The Kier molecular flexibility index (Phi) is 7.65. The van der Waals surface area contributed by atoms with Crippen molar-refractivity contribution in [3.8, 4) is 0 Å². The molecule has 1 rings (SSSR count). The van der Waals surface area contributed by atoms with Gasteiger partial charge in [-0.05, 0) is 27.2 Å². The molecule has 0 atom stereocenters. The molecule has 0 fully saturated rings. The average molecular weight is 298 g/mol. The van der Waals surface area contributed by atoms with Crippen molar-refractivity contribution in [2.45, 2.75) is 58.7 Å². The highest BCUT2D eigenvalue weighted by molar-refractivity contribution is 7.99. The third-order valence-electron chi connectivity index (χ3n) is 3.30. The molecule has 20 heavy (non-hydrogen) atoms. The summed E-state index contributed by atoms with van der Waals surface area (Å²) in [5.74, 6) is 1.64. The minimum absolute atomic E-state index is 0.167. The number of aryl methyl sites for hydroxylation is 1. The van der Waals surface area contributed by atoms with Crippen molar-refractivity contribution >= 4 is 17.7 Å². The molecule has 1 heterocycles. The molecule has 0 aliphatic rings. The van der Waals surface area contributed by atoms with E-state index in [1.165, 1.54) is 11.8 Å². The lowest BCUT2D eigenvalue weighted by Gasteiger charge is -2.18. The third kappa shape index (κ3) is 4.51. The van der Waals surface area contributed by atoms with E-state index >= 15 is 0 Å². The first-order valence-electron chi connectivity index (χ1n) is 7.50. The van der Waals surface area contributed by atoms with Crippen LogP contribution in [0.1, 0.15) is 46.4 Å². The van der Waals surface area contributed by atoms with E-state index in [4.69, 9.17) is 0 Å². The lowest BCUT2D eigenvalue weighted by Crippen LogP contribution is -2.31. The average Bonchev–Trinajstić information content (AvgIpc) is 2.86. The van der Waals surface area contributed by atoms with Crippen LogP contribution in [0.3, 0.4) is 0 Å². The second-order valence-corrected chi connectivity index (χ2v) is 5.54. The lowest BCUT2D eigenvalue weighted by atomic mass is 10.2. The van der Waals surface area contributed by atoms with Gasteiger partial charge in [-0.3, -0.25) is 4.79 Å². The lowest BCUT2D eigenvalue weighted by molar-refractivity contribution is -0.127. The normalized spacial score (nSPS) is 10.8. The number of hydrogen-bond acceptors (Lipinski definition) is 4. The molecule has 0 spiro atoms. The maximum Gasteiger partial charge on any atom is 0.233 e. The fourth-order valence-electron chi connectivity index (χ4n) is 2.06. The Morgan fingerprint density at radius 1 is 1.20 bits per heavy atom. The van der Waals surface area contributed by atoms with Gasteiger partial charge in [0.15, 0.2) is 5.16 Å². The van der Waals surface area contributed by atoms with Gasteiger partial charge in [-0.1, -0.05) is 25.1 Å². The maximum absolute atomic E-state index is 12.0. The molecule has 0 aliphatic carbocycles. The number of nitrogens with zero attached hydrogens (tertiary/aromatic N) is 4. The quantitative estimate of drug-likeness (QED) is 0.658. The van der Waals surface area contributed by atoms with Gasteiger partial charge in [0.25, 0.3) is 0 Å². The number of carbonyl (C=O) groups excluding carboxylic acids is 1. The summed E-state index contributed by atoms with van der Waals surface area (Å²) in [7, 11) is 0. The van der Waals surface area contributed by atoms with Crippen LogP contribution in [0.5, 0.6) is 0 Å². The summed E-state index contributed by atoms with van der Waals surface area (Å²) < 4.78 is 2.12. The summed E-state index contributed by atoms with van der Waals surface area (Å²) in [6.07, 6.45) is 3.24. The molecule has 0 aromatic carbocycles. The Morgan fingerprint density at radius 3 is 2.45 bits per heavy atom. The van der Waals surface area contributed by atoms with E-state index in [-0.39, 0.29) is 5.91 Å². The first-order chi connectivity index (χ1) is 9.67. The molecule has 5 nitrogen and oxygen atoms in total. The largest absolute Gasteiger partial charge is 0.343 e. The van der Waals surface area contributed by atoms with Crippen LogP contribution in [0.15, 0.2) is 5.16 Å². The molecule has 114 valence electrons. The molecule has 1 aromatic rings. The summed E-state index contributed by atoms with van der Waals surface area (Å²) in [5, 5.41) is 9.34. The van der Waals surface area contributed by atoms with Crippen LogP contribution in [-0.4, -0.2) is 44.4 Å². The number of thioether (sulfide) groups is 1. The van der Waals surface area contributed by atoms with E-state index in [0.29, 0.717) is 5.75 Å². The zero-order valence-electron chi connectivity index (χ0n) is 13.1. The van der Waals surface area contributed by atoms with E-state index < -0.39 is 0 Å². The number of carbonyl (C=O) groups is 1. The van der Waals surface area contributed by atoms with E-state index in [1.54, 1.807) is 0 Å². The van der Waals surface area contributed by atoms with Gasteiger partial charge >= 0.3 is 0 Å². The van der Waals surface area contributed by atoms with Gasteiger partial charge in [0.2, 0.25) is 5.91 Å². The highest BCUT2D eigenvalue weighted by Crippen LogP contribution is 2.18. The van der Waals surface area contributed by atoms with Crippen LogP contribution in [0.4, 0.5) is 0 Å². The van der Waals surface area contributed by atoms with Crippen molar-refractivity contribution in [2.75, 3.05) is 18.8 Å². The van der Waals surface area contributed by atoms with Gasteiger partial charge in [0.1, 0.15) is 5.82 Å². The molecule has 0 aliphatic heterocycles. The standard InChI is InChI=1S/C14H26N4OS/c1-5-9-10-12-15-16-14(18(12)8-4)20-11-13(19)17(6-2)7-3/h5-11H2,1-4H3. The molecule has 0 saturated carbocycles. The summed E-state index contributed by atoms with van der Waals surface area (Å²) in [6.45, 7) is 10.6. The summed E-state index contributed by atoms with van der Waals surface area (Å²) in [6, 6.07) is 0. The van der Waals surface area contributed by atoms with Crippen LogP contribution < -0.4 is 0 Å². The Hall–Kier alpha value is -1.04. The monoisotopic (exact) mass is 298 g/mol. The molecule has 0 bridgehead atoms. The first-order valence-corrected chi connectivity index (χ1v) is 8.48. The number of unbranched alkanes of at least 4 members (excludes halogenated alkanes) is 1. The molecule has 0 N–H and O–H groups in total. The fraction of sp³-hybridized carbons (Fsp3) is 0.786. The second kappa shape index (κ2) is 9.00. The van der Waals surface area contributed by atoms with Crippen LogP contribution in [0, 0.1) is 0 Å². The SMILES string of the molecule is CCCCc1nnc(SCC(=O)N(CC)CC)n1CC. The third-order valence-corrected chi connectivity index (χ3v) is 4.26. The Labute approximate surface area is 126 Å². The van der Waals surface area contributed by atoms with Gasteiger partial charge in [-0.2, -0.15) is 0 Å². The topological polar surface area (TPSA) is 51.0 Å². The number of hydrogen-bond donors (Lipinski definition) is 0. The van der Waals surface area contributed by atoms with Crippen LogP contribution in [0.2, 0.25) is 0 Å². The van der Waals surface area contributed by atoms with Crippen LogP contribution in [-0.2, 0) is 17.8 Å². The highest BCUT2D eigenvalue weighted by atomic mass is 32.2. The molecule has 6 heteroatoms. The Balaban J connectivity index is 2.63. The van der Waals surface area contributed by atoms with Gasteiger partial charge in [0, 0.05) is 26.1 Å². The van der Waals surface area contributed by atoms with Crippen LogP contribution >= 0.6 is 11.8 Å². The smallest absolute Gasteiger partial charge is 0.233 e. The van der Waals surface area contributed by atoms with Gasteiger partial charge in [0.05, 0.1) is 5.75 Å². The van der Waals surface area contributed by atoms with Crippen molar-refractivity contribution < 1.29 is 4.79 Å². The van der Waals surface area contributed by atoms with E-state index in [2.05, 4.69) is 28.6 Å². The van der Waals surface area contributed by atoms with Crippen molar-refractivity contribution in [1.82, 2.24) is 19.7 Å². The van der Waals surface area contributed by atoms with E-state index in [0.717, 1.165) is 49.9 Å². The molecule has 1 amide bonds. The Bertz CT molecular complexity index is 415. The van der Waals surface area contributed by atoms with Crippen molar-refractivity contribution in [2.24, 2.45) is 0 Å². The van der Waals surface area contributed by atoms with Crippen LogP contribution in [0.25, 0.3) is 0 Å². The summed E-state index contributed by atoms with van der Waals surface area (Å²) in [5.41, 5.74) is 0. The molecule has 0 unspecified atom stereocenters. The van der Waals surface area contributed by atoms with Gasteiger partial charge in [-0.15, -0.1) is 10.2 Å². The van der Waals surface area contributed by atoms with Gasteiger partial charge < -0.3 is 9.47 Å². The first kappa shape index (κ1) is 17.0. The summed E-state index contributed by atoms with van der Waals surface area (Å²) >= 11 is 1.49. The minimum Gasteiger partial charge on any atom is -0.343 e. The van der Waals surface area contributed by atoms with E-state index in [1.807, 2.05) is 18.7 Å². The van der Waals surface area contributed by atoms with Gasteiger partial charge in [-0.25, -0.2) is 0 Å². The Morgan fingerprint density at radius 2 is 1.90 bits per heavy atom. The second-order valence-electron chi connectivity index (χ2n) is 4.60. The van der Waals surface area contributed by atoms with Crippen molar-refractivity contribution in [1.29, 1.82) is 0 Å². The highest BCUT2D eigenvalue weighted by Gasteiger charge is 2.15. The minimum atomic E-state index is 0.167. The zero-order valence-corrected chi connectivity index (χ0v) is 13.9. The summed E-state index contributed by atoms with van der Waals surface area (Å²) in [4.78, 5) is 13.8. The molecule has 0 saturated heterocycles. The molecular weight excluding hydrogens is 272 g/mol. The predicted molar refractivity (Wildman–Crippen MR) is 83.0 cm³/mol. The van der Waals surface area contributed by atoms with Crippen molar-refractivity contribution in [3.63, 3.8) is 0 Å². The van der Waals surface area contributed by atoms with E-state index in [9.17, 15) is 4.79 Å².